The Kier molecular flexibility index (Phi) is 3.65. The molecule has 0 bridgehead atoms. The fourth-order valence-electron chi connectivity index (χ4n) is 2.45. The minimum absolute atomic E-state index is 0.0749. The smallest absolute Gasteiger partial charge is 0.193 e. The van der Waals surface area contributed by atoms with Crippen LogP contribution in [-0.2, 0) is 0 Å². The Balaban J connectivity index is 2.01. The topological polar surface area (TPSA) is 17.1 Å². The first-order valence-electron chi connectivity index (χ1n) is 7.01. The Labute approximate surface area is 124 Å². The van der Waals surface area contributed by atoms with E-state index in [4.69, 9.17) is 0 Å². The molecule has 1 heteroatoms. The van der Waals surface area contributed by atoms with Gasteiger partial charge in [0.1, 0.15) is 0 Å². The lowest BCUT2D eigenvalue weighted by Gasteiger charge is -2.07. The van der Waals surface area contributed by atoms with Crippen LogP contribution in [0.25, 0.3) is 11.1 Å². The van der Waals surface area contributed by atoms with Gasteiger partial charge in [0.15, 0.2) is 5.78 Å². The predicted molar refractivity (Wildman–Crippen MR) is 86.5 cm³/mol. The van der Waals surface area contributed by atoms with Crippen molar-refractivity contribution in [1.29, 1.82) is 0 Å². The SMILES string of the molecule is Cc1ccccc1C(=O)c1cccc(-c2ccccc2)c1. The van der Waals surface area contributed by atoms with E-state index in [9.17, 15) is 4.79 Å². The van der Waals surface area contributed by atoms with Gasteiger partial charge in [-0.15, -0.1) is 0 Å². The van der Waals surface area contributed by atoms with Gasteiger partial charge in [0.25, 0.3) is 0 Å². The first-order chi connectivity index (χ1) is 10.3. The van der Waals surface area contributed by atoms with Gasteiger partial charge in [0.2, 0.25) is 0 Å². The van der Waals surface area contributed by atoms with Crippen LogP contribution in [0.4, 0.5) is 0 Å². The number of aryl methyl sites for hydroxylation is 1. The highest BCUT2D eigenvalue weighted by Crippen LogP contribution is 2.22. The number of benzene rings is 3. The van der Waals surface area contributed by atoms with E-state index in [0.29, 0.717) is 0 Å². The lowest BCUT2D eigenvalue weighted by Crippen LogP contribution is -2.03. The lowest BCUT2D eigenvalue weighted by atomic mass is 9.96. The summed E-state index contributed by atoms with van der Waals surface area (Å²) in [5.74, 6) is 0.0749. The standard InChI is InChI=1S/C20H16O/c1-15-8-5-6-13-19(15)20(21)18-12-7-11-17(14-18)16-9-3-2-4-10-16/h2-14H,1H3. The molecular formula is C20H16O. The van der Waals surface area contributed by atoms with Crippen molar-refractivity contribution in [3.63, 3.8) is 0 Å². The van der Waals surface area contributed by atoms with Gasteiger partial charge in [0, 0.05) is 11.1 Å². The van der Waals surface area contributed by atoms with Gasteiger partial charge >= 0.3 is 0 Å². The Morgan fingerprint density at radius 3 is 2.14 bits per heavy atom. The van der Waals surface area contributed by atoms with Crippen LogP contribution < -0.4 is 0 Å². The van der Waals surface area contributed by atoms with E-state index in [2.05, 4.69) is 12.1 Å². The summed E-state index contributed by atoms with van der Waals surface area (Å²) in [6, 6.07) is 25.6. The van der Waals surface area contributed by atoms with Crippen molar-refractivity contribution < 1.29 is 4.79 Å². The van der Waals surface area contributed by atoms with Crippen LogP contribution in [0.5, 0.6) is 0 Å². The lowest BCUT2D eigenvalue weighted by molar-refractivity contribution is 0.103. The second-order valence-electron chi connectivity index (χ2n) is 5.09. The highest BCUT2D eigenvalue weighted by Gasteiger charge is 2.11. The molecule has 0 saturated carbocycles. The monoisotopic (exact) mass is 272 g/mol. The zero-order valence-electron chi connectivity index (χ0n) is 11.9. The molecule has 0 amide bonds. The zero-order valence-corrected chi connectivity index (χ0v) is 11.9. The summed E-state index contributed by atoms with van der Waals surface area (Å²) in [4.78, 5) is 12.7. The average Bonchev–Trinajstić information content (AvgIpc) is 2.56. The van der Waals surface area contributed by atoms with Gasteiger partial charge < -0.3 is 0 Å². The predicted octanol–water partition coefficient (Wildman–Crippen LogP) is 4.89. The van der Waals surface area contributed by atoms with Crippen molar-refractivity contribution in [2.45, 2.75) is 6.92 Å². The summed E-state index contributed by atoms with van der Waals surface area (Å²) in [7, 11) is 0. The Bertz CT molecular complexity index is 773. The number of carbonyl (C=O) groups is 1. The highest BCUT2D eigenvalue weighted by molar-refractivity contribution is 6.10. The Hall–Kier alpha value is -2.67. The van der Waals surface area contributed by atoms with E-state index in [1.54, 1.807) is 0 Å². The van der Waals surface area contributed by atoms with E-state index < -0.39 is 0 Å². The number of ketones is 1. The molecule has 102 valence electrons. The van der Waals surface area contributed by atoms with Crippen molar-refractivity contribution >= 4 is 5.78 Å². The van der Waals surface area contributed by atoms with E-state index >= 15 is 0 Å². The quantitative estimate of drug-likeness (QED) is 0.620. The molecule has 3 rings (SSSR count). The summed E-state index contributed by atoms with van der Waals surface area (Å²) in [5, 5.41) is 0. The third-order valence-corrected chi connectivity index (χ3v) is 3.62. The first-order valence-corrected chi connectivity index (χ1v) is 7.01. The van der Waals surface area contributed by atoms with Crippen LogP contribution in [0.3, 0.4) is 0 Å². The molecule has 21 heavy (non-hydrogen) atoms. The summed E-state index contributed by atoms with van der Waals surface area (Å²) >= 11 is 0. The van der Waals surface area contributed by atoms with E-state index in [0.717, 1.165) is 27.8 Å². The summed E-state index contributed by atoms with van der Waals surface area (Å²) in [6.07, 6.45) is 0. The number of hydrogen-bond acceptors (Lipinski definition) is 1. The van der Waals surface area contributed by atoms with E-state index in [1.807, 2.05) is 73.7 Å². The van der Waals surface area contributed by atoms with Crippen molar-refractivity contribution in [2.24, 2.45) is 0 Å². The first kappa shape index (κ1) is 13.3. The fourth-order valence-corrected chi connectivity index (χ4v) is 2.45. The maximum Gasteiger partial charge on any atom is 0.193 e. The minimum atomic E-state index is 0.0749. The molecule has 0 aliphatic rings. The normalized spacial score (nSPS) is 10.3. The minimum Gasteiger partial charge on any atom is -0.289 e. The molecule has 3 aromatic carbocycles. The molecule has 0 fully saturated rings. The van der Waals surface area contributed by atoms with E-state index in [1.165, 1.54) is 0 Å². The van der Waals surface area contributed by atoms with Crippen molar-refractivity contribution in [1.82, 2.24) is 0 Å². The van der Waals surface area contributed by atoms with Crippen LogP contribution in [-0.4, -0.2) is 5.78 Å². The van der Waals surface area contributed by atoms with Crippen LogP contribution in [0.2, 0.25) is 0 Å². The van der Waals surface area contributed by atoms with Crippen LogP contribution in [0, 0.1) is 6.92 Å². The van der Waals surface area contributed by atoms with Crippen LogP contribution in [0.15, 0.2) is 78.9 Å². The van der Waals surface area contributed by atoms with Crippen LogP contribution in [0.1, 0.15) is 21.5 Å². The maximum atomic E-state index is 12.7. The second-order valence-corrected chi connectivity index (χ2v) is 5.09. The van der Waals surface area contributed by atoms with Gasteiger partial charge in [-0.05, 0) is 29.7 Å². The molecule has 3 aromatic rings. The molecule has 0 atom stereocenters. The molecule has 0 spiro atoms. The second kappa shape index (κ2) is 5.76. The summed E-state index contributed by atoms with van der Waals surface area (Å²) in [6.45, 7) is 1.97. The zero-order chi connectivity index (χ0) is 14.7. The molecule has 0 saturated heterocycles. The molecular weight excluding hydrogens is 256 g/mol. The third kappa shape index (κ3) is 2.77. The Morgan fingerprint density at radius 1 is 0.714 bits per heavy atom. The molecule has 0 unspecified atom stereocenters. The molecule has 0 heterocycles. The third-order valence-electron chi connectivity index (χ3n) is 3.62. The summed E-state index contributed by atoms with van der Waals surface area (Å²) < 4.78 is 0. The van der Waals surface area contributed by atoms with Gasteiger partial charge in [0.05, 0.1) is 0 Å². The van der Waals surface area contributed by atoms with Crippen LogP contribution >= 0.6 is 0 Å². The fraction of sp³-hybridized carbons (Fsp3) is 0.0500. The largest absolute Gasteiger partial charge is 0.289 e. The van der Waals surface area contributed by atoms with Gasteiger partial charge in [-0.1, -0.05) is 72.8 Å². The summed E-state index contributed by atoms with van der Waals surface area (Å²) in [5.41, 5.74) is 4.69. The van der Waals surface area contributed by atoms with Crippen molar-refractivity contribution in [3.8, 4) is 11.1 Å². The average molecular weight is 272 g/mol. The van der Waals surface area contributed by atoms with E-state index in [-0.39, 0.29) is 5.78 Å². The van der Waals surface area contributed by atoms with Gasteiger partial charge in [-0.2, -0.15) is 0 Å². The number of hydrogen-bond donors (Lipinski definition) is 0. The molecule has 0 aromatic heterocycles. The van der Waals surface area contributed by atoms with Gasteiger partial charge in [-0.25, -0.2) is 0 Å². The van der Waals surface area contributed by atoms with Gasteiger partial charge in [-0.3, -0.25) is 4.79 Å². The number of carbonyl (C=O) groups excluding carboxylic acids is 1. The molecule has 0 aliphatic carbocycles. The van der Waals surface area contributed by atoms with Crippen molar-refractivity contribution in [2.75, 3.05) is 0 Å². The number of rotatable bonds is 3. The maximum absolute atomic E-state index is 12.7. The Morgan fingerprint density at radius 2 is 1.38 bits per heavy atom. The highest BCUT2D eigenvalue weighted by atomic mass is 16.1. The van der Waals surface area contributed by atoms with Crippen molar-refractivity contribution in [3.05, 3.63) is 95.6 Å². The molecule has 0 aliphatic heterocycles. The molecule has 1 nitrogen and oxygen atoms in total. The molecule has 0 N–H and O–H groups in total. The molecule has 0 radical (unpaired) electrons.